The van der Waals surface area contributed by atoms with E-state index in [9.17, 15) is 15.2 Å². The summed E-state index contributed by atoms with van der Waals surface area (Å²) in [7, 11) is 1.62. The summed E-state index contributed by atoms with van der Waals surface area (Å²) in [6.07, 6.45) is 0.946. The van der Waals surface area contributed by atoms with Gasteiger partial charge in [0.2, 0.25) is 0 Å². The fraction of sp³-hybridized carbons (Fsp3) is 0.316. The van der Waals surface area contributed by atoms with Gasteiger partial charge in [-0.15, -0.1) is 0 Å². The number of nitrogens with zero attached hydrogens (tertiary/aromatic N) is 3. The van der Waals surface area contributed by atoms with Gasteiger partial charge >= 0.3 is 5.17 Å². The summed E-state index contributed by atoms with van der Waals surface area (Å²) in [5, 5.41) is 23.8. The summed E-state index contributed by atoms with van der Waals surface area (Å²) in [5.41, 5.74) is 0.156. The Hall–Kier alpha value is -2.58. The van der Waals surface area contributed by atoms with Crippen LogP contribution in [0.5, 0.6) is 5.75 Å². The standard InChI is InChI=1S/C19H20N3O4S/c1-26-17-8-6-15(7-9-17)20-13-19(23,21-10-3-11-27-18(20)21)14-4-2-5-16(12-14)22(24)25/h2,4-9,12,23H,3,10-11,13H2,1H3/q+1. The van der Waals surface area contributed by atoms with Crippen molar-refractivity contribution in [1.82, 2.24) is 0 Å². The predicted molar refractivity (Wildman–Crippen MR) is 105 cm³/mol. The van der Waals surface area contributed by atoms with Gasteiger partial charge in [-0.25, -0.2) is 9.48 Å². The van der Waals surface area contributed by atoms with Crippen LogP contribution >= 0.6 is 11.8 Å². The maximum absolute atomic E-state index is 11.6. The third-order valence-electron chi connectivity index (χ3n) is 4.95. The van der Waals surface area contributed by atoms with Crippen LogP contribution in [0.2, 0.25) is 0 Å². The van der Waals surface area contributed by atoms with Gasteiger partial charge in [-0.1, -0.05) is 12.1 Å². The van der Waals surface area contributed by atoms with E-state index in [-0.39, 0.29) is 5.69 Å². The number of hydrogen-bond acceptors (Lipinski definition) is 6. The first kappa shape index (κ1) is 17.8. The fourth-order valence-corrected chi connectivity index (χ4v) is 4.76. The minimum Gasteiger partial charge on any atom is -0.497 e. The Morgan fingerprint density at radius 3 is 2.78 bits per heavy atom. The lowest BCUT2D eigenvalue weighted by Gasteiger charge is -2.24. The minimum atomic E-state index is -1.31. The van der Waals surface area contributed by atoms with Gasteiger partial charge in [-0.3, -0.25) is 10.1 Å². The van der Waals surface area contributed by atoms with Crippen molar-refractivity contribution < 1.29 is 19.3 Å². The molecule has 0 fully saturated rings. The van der Waals surface area contributed by atoms with Crippen molar-refractivity contribution in [2.75, 3.05) is 30.9 Å². The monoisotopic (exact) mass is 386 g/mol. The summed E-state index contributed by atoms with van der Waals surface area (Å²) in [6, 6.07) is 14.0. The molecule has 27 heavy (non-hydrogen) atoms. The number of anilines is 1. The first-order valence-corrected chi connectivity index (χ1v) is 9.68. The Kier molecular flexibility index (Phi) is 4.53. The van der Waals surface area contributed by atoms with Gasteiger partial charge in [0.15, 0.2) is 6.54 Å². The molecule has 0 amide bonds. The van der Waals surface area contributed by atoms with Crippen molar-refractivity contribution in [3.05, 3.63) is 64.2 Å². The lowest BCUT2D eigenvalue weighted by molar-refractivity contribution is -0.656. The van der Waals surface area contributed by atoms with Crippen LogP contribution in [0, 0.1) is 10.1 Å². The van der Waals surface area contributed by atoms with Gasteiger partial charge in [-0.2, -0.15) is 0 Å². The zero-order chi connectivity index (χ0) is 19.0. The molecule has 4 rings (SSSR count). The normalized spacial score (nSPS) is 21.9. The van der Waals surface area contributed by atoms with Crippen molar-refractivity contribution in [2.45, 2.75) is 12.1 Å². The van der Waals surface area contributed by atoms with Crippen LogP contribution in [0.15, 0.2) is 48.5 Å². The number of rotatable bonds is 4. The maximum Gasteiger partial charge on any atom is 0.316 e. The van der Waals surface area contributed by atoms with E-state index in [1.54, 1.807) is 31.0 Å². The second-order valence-corrected chi connectivity index (χ2v) is 7.61. The van der Waals surface area contributed by atoms with E-state index in [4.69, 9.17) is 4.74 Å². The number of amidine groups is 1. The number of hydrogen-bond donors (Lipinski definition) is 1. The number of ether oxygens (including phenoxy) is 1. The number of nitro benzene ring substituents is 1. The first-order valence-electron chi connectivity index (χ1n) is 8.69. The molecule has 7 nitrogen and oxygen atoms in total. The van der Waals surface area contributed by atoms with E-state index in [1.807, 2.05) is 28.8 Å². The number of thioether (sulfide) groups is 1. The van der Waals surface area contributed by atoms with Crippen molar-refractivity contribution in [1.29, 1.82) is 0 Å². The van der Waals surface area contributed by atoms with E-state index in [0.717, 1.165) is 28.8 Å². The Labute approximate surface area is 161 Å². The van der Waals surface area contributed by atoms with Crippen LogP contribution < -0.4 is 9.64 Å². The summed E-state index contributed by atoms with van der Waals surface area (Å²) in [5.74, 6) is 1.74. The molecule has 1 N–H and O–H groups in total. The molecule has 2 aromatic carbocycles. The van der Waals surface area contributed by atoms with Gasteiger partial charge in [0.05, 0.1) is 18.6 Å². The van der Waals surface area contributed by atoms with Gasteiger partial charge < -0.3 is 9.84 Å². The Morgan fingerprint density at radius 2 is 2.07 bits per heavy atom. The van der Waals surface area contributed by atoms with Crippen molar-refractivity contribution in [2.24, 2.45) is 0 Å². The molecule has 2 aliphatic rings. The van der Waals surface area contributed by atoms with E-state index < -0.39 is 10.6 Å². The maximum atomic E-state index is 11.6. The van der Waals surface area contributed by atoms with Crippen LogP contribution in [0.4, 0.5) is 11.4 Å². The third-order valence-corrected chi connectivity index (χ3v) is 6.14. The molecule has 0 aromatic heterocycles. The molecule has 0 radical (unpaired) electrons. The Balaban J connectivity index is 1.77. The van der Waals surface area contributed by atoms with Crippen molar-refractivity contribution in [3.8, 4) is 5.75 Å². The van der Waals surface area contributed by atoms with Crippen LogP contribution in [-0.4, -0.2) is 45.7 Å². The minimum absolute atomic E-state index is 0.0185. The molecule has 2 aliphatic heterocycles. The fourth-order valence-electron chi connectivity index (χ4n) is 3.58. The molecule has 8 heteroatoms. The average molecular weight is 386 g/mol. The largest absolute Gasteiger partial charge is 0.497 e. The van der Waals surface area contributed by atoms with Crippen LogP contribution in [0.1, 0.15) is 12.0 Å². The topological polar surface area (TPSA) is 78.9 Å². The summed E-state index contributed by atoms with van der Waals surface area (Å²) >= 11 is 1.70. The molecule has 0 saturated carbocycles. The second-order valence-electron chi connectivity index (χ2n) is 6.54. The average Bonchev–Trinajstić information content (AvgIpc) is 3.02. The van der Waals surface area contributed by atoms with Crippen molar-refractivity contribution >= 4 is 28.3 Å². The van der Waals surface area contributed by atoms with Gasteiger partial charge in [0.1, 0.15) is 11.4 Å². The molecule has 0 saturated heterocycles. The van der Waals surface area contributed by atoms with Crippen LogP contribution in [0.3, 0.4) is 0 Å². The lowest BCUT2D eigenvalue weighted by Crippen LogP contribution is -2.41. The van der Waals surface area contributed by atoms with Gasteiger partial charge in [-0.05, 0) is 42.4 Å². The predicted octanol–water partition coefficient (Wildman–Crippen LogP) is 2.77. The van der Waals surface area contributed by atoms with E-state index in [2.05, 4.69) is 4.90 Å². The molecule has 1 atom stereocenters. The zero-order valence-corrected chi connectivity index (χ0v) is 15.7. The zero-order valence-electron chi connectivity index (χ0n) is 14.9. The van der Waals surface area contributed by atoms with E-state index in [0.29, 0.717) is 18.7 Å². The highest BCUT2D eigenvalue weighted by Crippen LogP contribution is 2.38. The molecule has 1 unspecified atom stereocenters. The van der Waals surface area contributed by atoms with Crippen molar-refractivity contribution in [3.63, 3.8) is 0 Å². The molecule has 0 bridgehead atoms. The first-order chi connectivity index (χ1) is 13.0. The number of methoxy groups -OCH3 is 1. The SMILES string of the molecule is COc1ccc(N2CC(O)(c3cccc([N+](=O)[O-])c3)[N+]3=C2SCCC3)cc1. The Morgan fingerprint density at radius 1 is 1.30 bits per heavy atom. The van der Waals surface area contributed by atoms with Crippen LogP contribution in [0.25, 0.3) is 0 Å². The summed E-state index contributed by atoms with van der Waals surface area (Å²) in [6.45, 7) is 1.01. The summed E-state index contributed by atoms with van der Waals surface area (Å²) < 4.78 is 7.19. The number of benzene rings is 2. The molecule has 2 aromatic rings. The lowest BCUT2D eigenvalue weighted by atomic mass is 10.0. The van der Waals surface area contributed by atoms with Gasteiger partial charge in [0, 0.05) is 23.4 Å². The molecule has 2 heterocycles. The highest BCUT2D eigenvalue weighted by Gasteiger charge is 2.53. The number of β-amino-alcohol motifs (C(OH)–C–C–N with tert-alkyl or cyclic N) is 1. The molecular formula is C19H20N3O4S+. The van der Waals surface area contributed by atoms with E-state index >= 15 is 0 Å². The number of nitro groups is 1. The number of aliphatic hydroxyl groups is 1. The quantitative estimate of drug-likeness (QED) is 0.495. The Bertz CT molecular complexity index is 915. The molecule has 0 aliphatic carbocycles. The second kappa shape index (κ2) is 6.86. The van der Waals surface area contributed by atoms with E-state index in [1.165, 1.54) is 12.1 Å². The summed E-state index contributed by atoms with van der Waals surface area (Å²) in [4.78, 5) is 12.8. The van der Waals surface area contributed by atoms with Gasteiger partial charge in [0.25, 0.3) is 11.4 Å². The highest BCUT2D eigenvalue weighted by molar-refractivity contribution is 8.13. The third kappa shape index (κ3) is 3.04. The van der Waals surface area contributed by atoms with Crippen LogP contribution in [-0.2, 0) is 5.72 Å². The highest BCUT2D eigenvalue weighted by atomic mass is 32.2. The molecule has 0 spiro atoms. The molecule has 140 valence electrons. The molecular weight excluding hydrogens is 366 g/mol. The smallest absolute Gasteiger partial charge is 0.316 e. The number of non-ortho nitro benzene ring substituents is 1.